The van der Waals surface area contributed by atoms with E-state index in [0.29, 0.717) is 5.41 Å². The Morgan fingerprint density at radius 3 is 2.81 bits per heavy atom. The van der Waals surface area contributed by atoms with Crippen molar-refractivity contribution in [2.24, 2.45) is 11.3 Å². The summed E-state index contributed by atoms with van der Waals surface area (Å²) >= 11 is 1.72. The van der Waals surface area contributed by atoms with Gasteiger partial charge in [-0.1, -0.05) is 6.92 Å². The molecule has 0 aliphatic heterocycles. The molecule has 2 fully saturated rings. The van der Waals surface area contributed by atoms with E-state index >= 15 is 0 Å². The highest BCUT2D eigenvalue weighted by atomic mass is 32.1. The van der Waals surface area contributed by atoms with Crippen molar-refractivity contribution in [3.05, 3.63) is 16.6 Å². The molecule has 16 heavy (non-hydrogen) atoms. The molecule has 1 atom stereocenters. The Kier molecular flexibility index (Phi) is 2.76. The van der Waals surface area contributed by atoms with Crippen LogP contribution < -0.4 is 5.32 Å². The Bertz CT molecular complexity index is 341. The quantitative estimate of drug-likeness (QED) is 0.821. The van der Waals surface area contributed by atoms with Crippen LogP contribution in [0.5, 0.6) is 0 Å². The zero-order valence-electron chi connectivity index (χ0n) is 9.91. The van der Waals surface area contributed by atoms with E-state index < -0.39 is 0 Å². The highest BCUT2D eigenvalue weighted by molar-refractivity contribution is 7.07. The molecule has 88 valence electrons. The minimum absolute atomic E-state index is 0.441. The number of nitrogens with zero attached hydrogens (tertiary/aromatic N) is 1. The topological polar surface area (TPSA) is 24.9 Å². The summed E-state index contributed by atoms with van der Waals surface area (Å²) in [6, 6.07) is 0.827. The molecule has 0 saturated heterocycles. The van der Waals surface area contributed by atoms with Gasteiger partial charge in [-0.3, -0.25) is 0 Å². The summed E-state index contributed by atoms with van der Waals surface area (Å²) in [5.74, 6) is 0.931. The number of hydrogen-bond donors (Lipinski definition) is 1. The monoisotopic (exact) mass is 236 g/mol. The standard InChI is InChI=1S/C13H20N2S/c1-13(10-2-3-10,8-14-11-4-5-11)6-12-7-16-9-15-12/h7,9-11,14H,2-6,8H2,1H3. The van der Waals surface area contributed by atoms with E-state index in [4.69, 9.17) is 0 Å². The number of rotatable bonds is 6. The number of nitrogens with one attached hydrogen (secondary N) is 1. The molecule has 2 aliphatic rings. The second-order valence-electron chi connectivity index (χ2n) is 5.74. The van der Waals surface area contributed by atoms with E-state index in [9.17, 15) is 0 Å². The molecule has 1 heterocycles. The van der Waals surface area contributed by atoms with Crippen molar-refractivity contribution in [2.45, 2.75) is 45.1 Å². The van der Waals surface area contributed by atoms with Crippen LogP contribution >= 0.6 is 11.3 Å². The van der Waals surface area contributed by atoms with Crippen molar-refractivity contribution in [3.63, 3.8) is 0 Å². The van der Waals surface area contributed by atoms with Crippen LogP contribution in [0.15, 0.2) is 10.9 Å². The van der Waals surface area contributed by atoms with Crippen LogP contribution in [0.2, 0.25) is 0 Å². The van der Waals surface area contributed by atoms with Crippen molar-refractivity contribution in [1.29, 1.82) is 0 Å². The zero-order chi connectivity index (χ0) is 11.0. The highest BCUT2D eigenvalue weighted by Gasteiger charge is 2.42. The smallest absolute Gasteiger partial charge is 0.0794 e. The molecule has 0 spiro atoms. The number of hydrogen-bond acceptors (Lipinski definition) is 3. The van der Waals surface area contributed by atoms with E-state index in [0.717, 1.165) is 18.4 Å². The first-order valence-electron chi connectivity index (χ1n) is 6.37. The van der Waals surface area contributed by atoms with Crippen LogP contribution in [0.3, 0.4) is 0 Å². The fourth-order valence-electron chi connectivity index (χ4n) is 2.53. The summed E-state index contributed by atoms with van der Waals surface area (Å²) in [5, 5.41) is 5.91. The van der Waals surface area contributed by atoms with Gasteiger partial charge in [-0.15, -0.1) is 11.3 Å². The average molecular weight is 236 g/mol. The first-order valence-corrected chi connectivity index (χ1v) is 7.31. The lowest BCUT2D eigenvalue weighted by Crippen LogP contribution is -2.36. The van der Waals surface area contributed by atoms with E-state index in [1.54, 1.807) is 11.3 Å². The van der Waals surface area contributed by atoms with Gasteiger partial charge in [0.05, 0.1) is 11.2 Å². The van der Waals surface area contributed by atoms with Crippen molar-refractivity contribution >= 4 is 11.3 Å². The molecule has 0 aromatic carbocycles. The lowest BCUT2D eigenvalue weighted by Gasteiger charge is -2.29. The summed E-state index contributed by atoms with van der Waals surface area (Å²) in [4.78, 5) is 4.44. The summed E-state index contributed by atoms with van der Waals surface area (Å²) in [6.45, 7) is 3.62. The van der Waals surface area contributed by atoms with Crippen molar-refractivity contribution < 1.29 is 0 Å². The third-order valence-electron chi connectivity index (χ3n) is 4.00. The van der Waals surface area contributed by atoms with Gasteiger partial charge >= 0.3 is 0 Å². The van der Waals surface area contributed by atoms with Crippen molar-refractivity contribution in [2.75, 3.05) is 6.54 Å². The Balaban J connectivity index is 1.63. The number of aromatic nitrogens is 1. The summed E-state index contributed by atoms with van der Waals surface area (Å²) in [5.41, 5.74) is 3.69. The molecule has 1 aromatic heterocycles. The molecular formula is C13H20N2S. The Morgan fingerprint density at radius 1 is 1.44 bits per heavy atom. The minimum atomic E-state index is 0.441. The van der Waals surface area contributed by atoms with Gasteiger partial charge < -0.3 is 5.32 Å². The van der Waals surface area contributed by atoms with Gasteiger partial charge in [-0.2, -0.15) is 0 Å². The third-order valence-corrected chi connectivity index (χ3v) is 4.64. The maximum absolute atomic E-state index is 4.44. The largest absolute Gasteiger partial charge is 0.313 e. The minimum Gasteiger partial charge on any atom is -0.313 e. The van der Waals surface area contributed by atoms with Gasteiger partial charge in [0.2, 0.25) is 0 Å². The van der Waals surface area contributed by atoms with Gasteiger partial charge in [0, 0.05) is 18.0 Å². The van der Waals surface area contributed by atoms with Crippen LogP contribution in [0.1, 0.15) is 38.3 Å². The maximum Gasteiger partial charge on any atom is 0.0794 e. The molecule has 2 nitrogen and oxygen atoms in total. The maximum atomic E-state index is 4.44. The molecule has 1 aromatic rings. The molecule has 0 radical (unpaired) electrons. The van der Waals surface area contributed by atoms with Crippen molar-refractivity contribution in [1.82, 2.24) is 10.3 Å². The second-order valence-corrected chi connectivity index (χ2v) is 6.46. The van der Waals surface area contributed by atoms with Gasteiger partial charge in [0.25, 0.3) is 0 Å². The highest BCUT2D eigenvalue weighted by Crippen LogP contribution is 2.47. The molecule has 3 heteroatoms. The van der Waals surface area contributed by atoms with Crippen molar-refractivity contribution in [3.8, 4) is 0 Å². The summed E-state index contributed by atoms with van der Waals surface area (Å²) in [7, 11) is 0. The molecule has 0 bridgehead atoms. The first-order chi connectivity index (χ1) is 7.76. The van der Waals surface area contributed by atoms with E-state index in [1.807, 2.05) is 5.51 Å². The lowest BCUT2D eigenvalue weighted by atomic mass is 9.80. The zero-order valence-corrected chi connectivity index (χ0v) is 10.7. The van der Waals surface area contributed by atoms with Crippen LogP contribution in [0.25, 0.3) is 0 Å². The second kappa shape index (κ2) is 4.11. The Morgan fingerprint density at radius 2 is 2.25 bits per heavy atom. The van der Waals surface area contributed by atoms with Crippen LogP contribution in [-0.4, -0.2) is 17.6 Å². The third kappa shape index (κ3) is 2.46. The first kappa shape index (κ1) is 10.7. The average Bonchev–Trinajstić information content (AvgIpc) is 3.17. The van der Waals surface area contributed by atoms with Crippen LogP contribution in [-0.2, 0) is 6.42 Å². The normalized spacial score (nSPS) is 24.3. The SMILES string of the molecule is CC(CNC1CC1)(Cc1cscn1)C1CC1. The van der Waals surface area contributed by atoms with E-state index in [2.05, 4.69) is 22.6 Å². The molecule has 3 rings (SSSR count). The molecule has 2 saturated carbocycles. The van der Waals surface area contributed by atoms with E-state index in [-0.39, 0.29) is 0 Å². The van der Waals surface area contributed by atoms with E-state index in [1.165, 1.54) is 37.9 Å². The summed E-state index contributed by atoms with van der Waals surface area (Å²) < 4.78 is 0. The molecule has 1 unspecified atom stereocenters. The fourth-order valence-corrected chi connectivity index (χ4v) is 3.09. The van der Waals surface area contributed by atoms with Crippen LogP contribution in [0.4, 0.5) is 0 Å². The predicted molar refractivity (Wildman–Crippen MR) is 67.7 cm³/mol. The van der Waals surface area contributed by atoms with Gasteiger partial charge in [0.1, 0.15) is 0 Å². The van der Waals surface area contributed by atoms with Crippen LogP contribution in [0, 0.1) is 11.3 Å². The fraction of sp³-hybridized carbons (Fsp3) is 0.769. The number of thiazole rings is 1. The molecule has 2 aliphatic carbocycles. The molecule has 1 N–H and O–H groups in total. The molecule has 0 amide bonds. The predicted octanol–water partition coefficient (Wildman–Crippen LogP) is 2.85. The lowest BCUT2D eigenvalue weighted by molar-refractivity contribution is 0.253. The Hall–Kier alpha value is -0.410. The van der Waals surface area contributed by atoms with Gasteiger partial charge in [-0.05, 0) is 43.4 Å². The molecular weight excluding hydrogens is 216 g/mol. The Labute approximate surface area is 101 Å². The van der Waals surface area contributed by atoms with Gasteiger partial charge in [0.15, 0.2) is 0 Å². The summed E-state index contributed by atoms with van der Waals surface area (Å²) in [6.07, 6.45) is 6.77. The van der Waals surface area contributed by atoms with Gasteiger partial charge in [-0.25, -0.2) is 4.98 Å².